The van der Waals surface area contributed by atoms with Crippen LogP contribution in [0, 0.1) is 0 Å². The van der Waals surface area contributed by atoms with Gasteiger partial charge in [-0.1, -0.05) is 20.3 Å². The lowest BCUT2D eigenvalue weighted by molar-refractivity contribution is -0.121. The normalized spacial score (nSPS) is 9.95. The Labute approximate surface area is 131 Å². The monoisotopic (exact) mass is 308 g/mol. The molecule has 0 atom stereocenters. The quantitative estimate of drug-likeness (QED) is 0.571. The van der Waals surface area contributed by atoms with E-state index in [4.69, 9.17) is 9.47 Å². The predicted octanol–water partition coefficient (Wildman–Crippen LogP) is 2.44. The smallest absolute Gasteiger partial charge is 0.269 e. The van der Waals surface area contributed by atoms with E-state index in [0.717, 1.165) is 19.3 Å². The van der Waals surface area contributed by atoms with Crippen LogP contribution in [0.2, 0.25) is 0 Å². The topological polar surface area (TPSA) is 76.7 Å². The summed E-state index contributed by atoms with van der Waals surface area (Å²) in [4.78, 5) is 23.3. The van der Waals surface area contributed by atoms with Gasteiger partial charge >= 0.3 is 0 Å². The first-order valence-corrected chi connectivity index (χ1v) is 7.52. The molecule has 22 heavy (non-hydrogen) atoms. The average molecular weight is 308 g/mol. The van der Waals surface area contributed by atoms with Crippen molar-refractivity contribution in [2.75, 3.05) is 13.7 Å². The van der Waals surface area contributed by atoms with Gasteiger partial charge < -0.3 is 9.47 Å². The molecule has 0 spiro atoms. The maximum atomic E-state index is 12.0. The Bertz CT molecular complexity index is 503. The minimum absolute atomic E-state index is 0.220. The maximum absolute atomic E-state index is 12.0. The Morgan fingerprint density at radius 3 is 2.50 bits per heavy atom. The molecule has 0 fully saturated rings. The number of ether oxygens (including phenoxy) is 2. The number of amides is 2. The average Bonchev–Trinajstić information content (AvgIpc) is 2.53. The van der Waals surface area contributed by atoms with Gasteiger partial charge in [0.1, 0.15) is 0 Å². The Balaban J connectivity index is 2.67. The first-order chi connectivity index (χ1) is 10.6. The predicted molar refractivity (Wildman–Crippen MR) is 83.9 cm³/mol. The van der Waals surface area contributed by atoms with Gasteiger partial charge in [-0.15, -0.1) is 0 Å². The van der Waals surface area contributed by atoms with Crippen molar-refractivity contribution in [2.24, 2.45) is 0 Å². The third-order valence-corrected chi connectivity index (χ3v) is 2.97. The largest absolute Gasteiger partial charge is 0.493 e. The molecule has 1 rings (SSSR count). The molecular formula is C16H24N2O4. The number of hydrogen-bond donors (Lipinski definition) is 2. The van der Waals surface area contributed by atoms with E-state index in [1.165, 1.54) is 7.11 Å². The lowest BCUT2D eigenvalue weighted by Crippen LogP contribution is -2.41. The summed E-state index contributed by atoms with van der Waals surface area (Å²) in [5.74, 6) is 0.469. The van der Waals surface area contributed by atoms with Crippen molar-refractivity contribution in [3.63, 3.8) is 0 Å². The van der Waals surface area contributed by atoms with Gasteiger partial charge in [-0.05, 0) is 31.0 Å². The first-order valence-electron chi connectivity index (χ1n) is 7.52. The fraction of sp³-hybridized carbons (Fsp3) is 0.500. The first kappa shape index (κ1) is 17.8. The number of rotatable bonds is 8. The summed E-state index contributed by atoms with van der Waals surface area (Å²) in [6, 6.07) is 4.91. The fourth-order valence-corrected chi connectivity index (χ4v) is 1.74. The summed E-state index contributed by atoms with van der Waals surface area (Å²) >= 11 is 0. The highest BCUT2D eigenvalue weighted by molar-refractivity contribution is 5.96. The second-order valence-corrected chi connectivity index (χ2v) is 4.82. The summed E-state index contributed by atoms with van der Waals surface area (Å²) < 4.78 is 10.8. The fourth-order valence-electron chi connectivity index (χ4n) is 1.74. The van der Waals surface area contributed by atoms with Gasteiger partial charge in [-0.25, -0.2) is 0 Å². The molecule has 2 amide bonds. The van der Waals surface area contributed by atoms with E-state index in [9.17, 15) is 9.59 Å². The minimum atomic E-state index is -0.400. The summed E-state index contributed by atoms with van der Waals surface area (Å²) in [5, 5.41) is 0. The number of methoxy groups -OCH3 is 1. The number of unbranched alkanes of at least 4 members (excludes halogenated alkanes) is 1. The van der Waals surface area contributed by atoms with Gasteiger partial charge in [0.2, 0.25) is 5.91 Å². The van der Waals surface area contributed by atoms with Crippen molar-refractivity contribution >= 4 is 11.8 Å². The van der Waals surface area contributed by atoms with Crippen molar-refractivity contribution in [3.05, 3.63) is 23.8 Å². The van der Waals surface area contributed by atoms with E-state index in [0.29, 0.717) is 30.1 Å². The van der Waals surface area contributed by atoms with Gasteiger partial charge in [-0.3, -0.25) is 20.4 Å². The highest BCUT2D eigenvalue weighted by atomic mass is 16.5. The van der Waals surface area contributed by atoms with Crippen molar-refractivity contribution in [3.8, 4) is 11.5 Å². The van der Waals surface area contributed by atoms with Crippen LogP contribution in [0.1, 0.15) is 49.9 Å². The number of carbonyl (C=O) groups is 2. The second-order valence-electron chi connectivity index (χ2n) is 4.82. The van der Waals surface area contributed by atoms with Crippen LogP contribution in [-0.4, -0.2) is 25.5 Å². The summed E-state index contributed by atoms with van der Waals surface area (Å²) in [6.45, 7) is 4.58. The molecule has 0 saturated heterocycles. The van der Waals surface area contributed by atoms with Gasteiger partial charge in [-0.2, -0.15) is 0 Å². The van der Waals surface area contributed by atoms with Crippen LogP contribution in [0.25, 0.3) is 0 Å². The van der Waals surface area contributed by atoms with Crippen LogP contribution in [0.5, 0.6) is 11.5 Å². The number of hydrogen-bond acceptors (Lipinski definition) is 4. The Morgan fingerprint density at radius 2 is 1.86 bits per heavy atom. The van der Waals surface area contributed by atoms with Crippen molar-refractivity contribution in [1.29, 1.82) is 0 Å². The molecule has 2 N–H and O–H groups in total. The van der Waals surface area contributed by atoms with E-state index in [-0.39, 0.29) is 5.91 Å². The van der Waals surface area contributed by atoms with Crippen molar-refractivity contribution in [2.45, 2.75) is 39.5 Å². The van der Waals surface area contributed by atoms with Crippen LogP contribution >= 0.6 is 0 Å². The molecule has 0 aliphatic rings. The maximum Gasteiger partial charge on any atom is 0.269 e. The standard InChI is InChI=1S/C16H24N2O4/c1-4-6-10-22-13-9-8-12(11-14(13)21-3)16(20)18-17-15(19)7-5-2/h8-9,11H,4-7,10H2,1-3H3,(H,17,19)(H,18,20). The summed E-state index contributed by atoms with van der Waals surface area (Å²) in [6.07, 6.45) is 3.09. The third-order valence-electron chi connectivity index (χ3n) is 2.97. The number of hydrazine groups is 1. The van der Waals surface area contributed by atoms with Gasteiger partial charge in [0.05, 0.1) is 13.7 Å². The molecule has 0 unspecified atom stereocenters. The van der Waals surface area contributed by atoms with E-state index in [1.807, 2.05) is 6.92 Å². The molecular weight excluding hydrogens is 284 g/mol. The Kier molecular flexibility index (Phi) is 7.81. The number of benzene rings is 1. The van der Waals surface area contributed by atoms with E-state index >= 15 is 0 Å². The molecule has 6 nitrogen and oxygen atoms in total. The minimum Gasteiger partial charge on any atom is -0.493 e. The van der Waals surface area contributed by atoms with Gasteiger partial charge in [0.15, 0.2) is 11.5 Å². The Hall–Kier alpha value is -2.24. The molecule has 0 heterocycles. The van der Waals surface area contributed by atoms with Crippen LogP contribution in [0.15, 0.2) is 18.2 Å². The second kappa shape index (κ2) is 9.65. The molecule has 122 valence electrons. The van der Waals surface area contributed by atoms with Crippen LogP contribution < -0.4 is 20.3 Å². The molecule has 6 heteroatoms. The highest BCUT2D eigenvalue weighted by Crippen LogP contribution is 2.28. The number of nitrogens with one attached hydrogen (secondary N) is 2. The lowest BCUT2D eigenvalue weighted by Gasteiger charge is -2.12. The lowest BCUT2D eigenvalue weighted by atomic mass is 10.2. The van der Waals surface area contributed by atoms with Crippen LogP contribution in [0.4, 0.5) is 0 Å². The molecule has 0 aromatic heterocycles. The molecule has 1 aromatic rings. The van der Waals surface area contributed by atoms with Crippen molar-refractivity contribution < 1.29 is 19.1 Å². The highest BCUT2D eigenvalue weighted by Gasteiger charge is 2.11. The van der Waals surface area contributed by atoms with Crippen LogP contribution in [-0.2, 0) is 4.79 Å². The molecule has 0 aliphatic heterocycles. The van der Waals surface area contributed by atoms with E-state index in [1.54, 1.807) is 18.2 Å². The molecule has 0 aliphatic carbocycles. The van der Waals surface area contributed by atoms with Gasteiger partial charge in [0, 0.05) is 12.0 Å². The van der Waals surface area contributed by atoms with Crippen LogP contribution in [0.3, 0.4) is 0 Å². The van der Waals surface area contributed by atoms with E-state index < -0.39 is 5.91 Å². The summed E-state index contributed by atoms with van der Waals surface area (Å²) in [7, 11) is 1.52. The molecule has 1 aromatic carbocycles. The SMILES string of the molecule is CCCCOc1ccc(C(=O)NNC(=O)CCC)cc1OC. The Morgan fingerprint density at radius 1 is 1.09 bits per heavy atom. The molecule has 0 bridgehead atoms. The molecule has 0 radical (unpaired) electrons. The molecule has 0 saturated carbocycles. The third kappa shape index (κ3) is 5.63. The zero-order valence-electron chi connectivity index (χ0n) is 13.4. The van der Waals surface area contributed by atoms with Crippen molar-refractivity contribution in [1.82, 2.24) is 10.9 Å². The van der Waals surface area contributed by atoms with E-state index in [2.05, 4.69) is 17.8 Å². The summed E-state index contributed by atoms with van der Waals surface area (Å²) in [5.41, 5.74) is 5.12. The zero-order valence-corrected chi connectivity index (χ0v) is 13.4. The number of carbonyl (C=O) groups excluding carboxylic acids is 2. The zero-order chi connectivity index (χ0) is 16.4. The van der Waals surface area contributed by atoms with Gasteiger partial charge in [0.25, 0.3) is 5.91 Å².